The van der Waals surface area contributed by atoms with Gasteiger partial charge in [-0.05, 0) is 74.7 Å². The van der Waals surface area contributed by atoms with Gasteiger partial charge < -0.3 is 19.5 Å². The molecule has 214 valence electrons. The molecule has 0 bridgehead atoms. The van der Waals surface area contributed by atoms with Crippen LogP contribution in [0, 0.1) is 6.92 Å². The number of allylic oxidation sites excluding steroid dienone is 1. The summed E-state index contributed by atoms with van der Waals surface area (Å²) in [5.41, 5.74) is 8.26. The topological polar surface area (TPSA) is 73.9 Å². The first-order valence-corrected chi connectivity index (χ1v) is 13.9. The molecule has 0 aliphatic carbocycles. The Kier molecular flexibility index (Phi) is 7.90. The summed E-state index contributed by atoms with van der Waals surface area (Å²) < 4.78 is 17.6. The second-order valence-electron chi connectivity index (χ2n) is 11.1. The van der Waals surface area contributed by atoms with Gasteiger partial charge in [-0.15, -0.1) is 0 Å². The number of ether oxygens (including phenoxy) is 3. The van der Waals surface area contributed by atoms with Crippen molar-refractivity contribution in [3.05, 3.63) is 107 Å². The van der Waals surface area contributed by atoms with Gasteiger partial charge in [0, 0.05) is 34.9 Å². The van der Waals surface area contributed by atoms with E-state index >= 15 is 0 Å². The van der Waals surface area contributed by atoms with E-state index in [1.165, 1.54) is 6.92 Å². The van der Waals surface area contributed by atoms with Crippen molar-refractivity contribution in [3.8, 4) is 33.8 Å². The molecule has 0 radical (unpaired) electrons. The molecule has 0 saturated heterocycles. The van der Waals surface area contributed by atoms with Crippen molar-refractivity contribution < 1.29 is 23.8 Å². The third-order valence-electron chi connectivity index (χ3n) is 7.31. The highest BCUT2D eigenvalue weighted by molar-refractivity contribution is 5.93. The van der Waals surface area contributed by atoms with Gasteiger partial charge in [0.2, 0.25) is 0 Å². The number of hydrogen-bond acceptors (Lipinski definition) is 6. The Labute approximate surface area is 247 Å². The van der Waals surface area contributed by atoms with E-state index in [9.17, 15) is 9.59 Å². The lowest BCUT2D eigenvalue weighted by molar-refractivity contribution is -0.131. The number of benzene rings is 4. The van der Waals surface area contributed by atoms with E-state index in [1.54, 1.807) is 19.2 Å². The number of aryl methyl sites for hydroxylation is 1. The van der Waals surface area contributed by atoms with Crippen molar-refractivity contribution in [2.75, 3.05) is 12.4 Å². The highest BCUT2D eigenvalue weighted by Crippen LogP contribution is 2.48. The van der Waals surface area contributed by atoms with E-state index in [1.807, 2.05) is 73.7 Å². The van der Waals surface area contributed by atoms with Gasteiger partial charge in [-0.3, -0.25) is 4.79 Å². The monoisotopic (exact) mass is 561 g/mol. The van der Waals surface area contributed by atoms with Gasteiger partial charge in [0.25, 0.3) is 0 Å². The molecule has 4 aromatic rings. The lowest BCUT2D eigenvalue weighted by Crippen LogP contribution is -2.32. The molecule has 4 aromatic carbocycles. The Balaban J connectivity index is 1.68. The molecule has 1 aliphatic heterocycles. The predicted octanol–water partition coefficient (Wildman–Crippen LogP) is 8.23. The molecule has 0 aromatic heterocycles. The number of fused-ring (bicyclic) bond motifs is 1. The van der Waals surface area contributed by atoms with Crippen molar-refractivity contribution in [3.63, 3.8) is 0 Å². The Hall–Kier alpha value is -4.84. The first-order chi connectivity index (χ1) is 20.1. The van der Waals surface area contributed by atoms with Crippen molar-refractivity contribution in [1.29, 1.82) is 0 Å². The molecule has 1 N–H and O–H groups in total. The quantitative estimate of drug-likeness (QED) is 0.181. The molecule has 5 rings (SSSR count). The standard InChI is InChI=1S/C36H35NO5/c1-22-12-14-26(15-13-22)35(39)41-21-30-28(18-19-31-32(30)23(2)20-36(4,5)37-31)29-17-16-27(25-10-8-7-9-11-25)34(33(29)40-6)42-24(3)38/h7-20,37H,21H2,1-6H3. The Bertz CT molecular complexity index is 1680. The molecule has 0 saturated carbocycles. The highest BCUT2D eigenvalue weighted by Gasteiger charge is 2.28. The molecule has 0 spiro atoms. The Morgan fingerprint density at radius 3 is 2.14 bits per heavy atom. The Morgan fingerprint density at radius 1 is 0.810 bits per heavy atom. The largest absolute Gasteiger partial charge is 0.492 e. The summed E-state index contributed by atoms with van der Waals surface area (Å²) in [4.78, 5) is 25.4. The molecule has 0 amide bonds. The zero-order valence-electron chi connectivity index (χ0n) is 24.8. The van der Waals surface area contributed by atoms with Gasteiger partial charge in [0.1, 0.15) is 6.61 Å². The van der Waals surface area contributed by atoms with Gasteiger partial charge in [0.05, 0.1) is 18.2 Å². The number of carbonyl (C=O) groups is 2. The fraction of sp³-hybridized carbons (Fsp3) is 0.222. The van der Waals surface area contributed by atoms with Crippen molar-refractivity contribution >= 4 is 23.2 Å². The molecular weight excluding hydrogens is 526 g/mol. The van der Waals surface area contributed by atoms with Gasteiger partial charge in [-0.25, -0.2) is 4.79 Å². The average molecular weight is 562 g/mol. The van der Waals surface area contributed by atoms with Crippen LogP contribution in [0.1, 0.15) is 54.7 Å². The minimum Gasteiger partial charge on any atom is -0.492 e. The maximum absolute atomic E-state index is 13.1. The number of rotatable bonds is 7. The van der Waals surface area contributed by atoms with Gasteiger partial charge in [0.15, 0.2) is 11.5 Å². The molecule has 6 nitrogen and oxygen atoms in total. The lowest BCUT2D eigenvalue weighted by Gasteiger charge is -2.33. The molecule has 0 fully saturated rings. The van der Waals surface area contributed by atoms with E-state index in [0.29, 0.717) is 17.1 Å². The summed E-state index contributed by atoms with van der Waals surface area (Å²) in [7, 11) is 1.56. The summed E-state index contributed by atoms with van der Waals surface area (Å²) in [6, 6.07) is 24.9. The van der Waals surface area contributed by atoms with Crippen LogP contribution in [-0.4, -0.2) is 24.6 Å². The fourth-order valence-corrected chi connectivity index (χ4v) is 5.58. The highest BCUT2D eigenvalue weighted by atomic mass is 16.6. The molecular formula is C36H35NO5. The van der Waals surface area contributed by atoms with Crippen LogP contribution in [-0.2, 0) is 16.1 Å². The van der Waals surface area contributed by atoms with Crippen LogP contribution in [0.5, 0.6) is 11.5 Å². The second kappa shape index (κ2) is 11.6. The maximum Gasteiger partial charge on any atom is 0.338 e. The average Bonchev–Trinajstić information content (AvgIpc) is 2.95. The third kappa shape index (κ3) is 5.79. The minimum atomic E-state index is -0.453. The predicted molar refractivity (Wildman–Crippen MR) is 167 cm³/mol. The minimum absolute atomic E-state index is 0.0327. The number of hydrogen-bond donors (Lipinski definition) is 1. The summed E-state index contributed by atoms with van der Waals surface area (Å²) >= 11 is 0. The molecule has 42 heavy (non-hydrogen) atoms. The normalized spacial score (nSPS) is 13.3. The molecule has 0 unspecified atom stereocenters. The van der Waals surface area contributed by atoms with Gasteiger partial charge in [-0.1, -0.05) is 60.2 Å². The number of methoxy groups -OCH3 is 1. The Morgan fingerprint density at radius 2 is 1.48 bits per heavy atom. The van der Waals surface area contributed by atoms with Crippen LogP contribution in [0.25, 0.3) is 27.8 Å². The second-order valence-corrected chi connectivity index (χ2v) is 11.1. The maximum atomic E-state index is 13.1. The van der Waals surface area contributed by atoms with Gasteiger partial charge in [-0.2, -0.15) is 0 Å². The summed E-state index contributed by atoms with van der Waals surface area (Å²) in [5, 5.41) is 3.59. The smallest absolute Gasteiger partial charge is 0.338 e. The summed E-state index contributed by atoms with van der Waals surface area (Å²) in [6.07, 6.45) is 2.17. The van der Waals surface area contributed by atoms with Crippen LogP contribution in [0.3, 0.4) is 0 Å². The SMILES string of the molecule is COc1c(-c2ccc3c(c2COC(=O)c2ccc(C)cc2)C(C)=CC(C)(C)N3)ccc(-c2ccccc2)c1OC(C)=O. The van der Waals surface area contributed by atoms with E-state index in [2.05, 4.69) is 32.2 Å². The first-order valence-electron chi connectivity index (χ1n) is 13.9. The van der Waals surface area contributed by atoms with Crippen LogP contribution in [0.15, 0.2) is 84.9 Å². The number of nitrogens with one attached hydrogen (secondary N) is 1. The van der Waals surface area contributed by atoms with E-state index in [-0.39, 0.29) is 12.1 Å². The summed E-state index contributed by atoms with van der Waals surface area (Å²) in [5.74, 6) is -0.106. The number of esters is 2. The molecule has 1 heterocycles. The number of carbonyl (C=O) groups excluding carboxylic acids is 2. The zero-order valence-corrected chi connectivity index (χ0v) is 24.8. The first kappa shape index (κ1) is 28.7. The van der Waals surface area contributed by atoms with Crippen LogP contribution < -0.4 is 14.8 Å². The van der Waals surface area contributed by atoms with E-state index in [0.717, 1.165) is 50.2 Å². The van der Waals surface area contributed by atoms with Crippen molar-refractivity contribution in [2.24, 2.45) is 0 Å². The third-order valence-corrected chi connectivity index (χ3v) is 7.31. The van der Waals surface area contributed by atoms with Crippen molar-refractivity contribution in [2.45, 2.75) is 46.8 Å². The number of anilines is 1. The fourth-order valence-electron chi connectivity index (χ4n) is 5.58. The molecule has 1 aliphatic rings. The van der Waals surface area contributed by atoms with Crippen LogP contribution in [0.4, 0.5) is 5.69 Å². The van der Waals surface area contributed by atoms with Crippen molar-refractivity contribution in [1.82, 2.24) is 0 Å². The van der Waals surface area contributed by atoms with Crippen LogP contribution in [0.2, 0.25) is 0 Å². The molecule has 6 heteroatoms. The lowest BCUT2D eigenvalue weighted by atomic mass is 9.85. The van der Waals surface area contributed by atoms with E-state index < -0.39 is 11.9 Å². The zero-order chi connectivity index (χ0) is 30.0. The summed E-state index contributed by atoms with van der Waals surface area (Å²) in [6.45, 7) is 9.67. The molecule has 0 atom stereocenters. The van der Waals surface area contributed by atoms with E-state index in [4.69, 9.17) is 14.2 Å². The van der Waals surface area contributed by atoms with Crippen LogP contribution >= 0.6 is 0 Å². The van der Waals surface area contributed by atoms with Gasteiger partial charge >= 0.3 is 11.9 Å².